The Morgan fingerprint density at radius 2 is 2.36 bits per heavy atom. The summed E-state index contributed by atoms with van der Waals surface area (Å²) in [4.78, 5) is 14.2. The van der Waals surface area contributed by atoms with Crippen LogP contribution >= 0.6 is 0 Å². The zero-order valence-electron chi connectivity index (χ0n) is 7.55. The number of carboxylic acid groups (broad SMARTS) is 1. The van der Waals surface area contributed by atoms with Crippen LogP contribution in [0.2, 0.25) is 0 Å². The molecule has 5 heteroatoms. The lowest BCUT2D eigenvalue weighted by atomic mass is 10.1. The average molecular weight is 196 g/mol. The summed E-state index contributed by atoms with van der Waals surface area (Å²) in [7, 11) is 0. The molecule has 1 heterocycles. The van der Waals surface area contributed by atoms with Crippen LogP contribution in [0.15, 0.2) is 18.3 Å². The summed E-state index contributed by atoms with van der Waals surface area (Å²) in [6.45, 7) is -0.0219. The van der Waals surface area contributed by atoms with Crippen LogP contribution in [0.3, 0.4) is 0 Å². The van der Waals surface area contributed by atoms with Crippen molar-refractivity contribution in [2.45, 2.75) is 12.5 Å². The molecule has 1 unspecified atom stereocenters. The zero-order chi connectivity index (χ0) is 10.6. The van der Waals surface area contributed by atoms with Gasteiger partial charge in [-0.3, -0.25) is 0 Å². The lowest BCUT2D eigenvalue weighted by molar-refractivity contribution is 0.0690. The highest BCUT2D eigenvalue weighted by molar-refractivity contribution is 5.85. The minimum atomic E-state index is -1.08. The standard InChI is InChI=1S/C9H12N2O3/c10-7(2-4-12)6-1-3-11-8(5-6)9(13)14/h1,3,5,7,12H,2,4,10H2,(H,13,14). The third-order valence-corrected chi connectivity index (χ3v) is 1.87. The first-order valence-electron chi connectivity index (χ1n) is 4.21. The Kier molecular flexibility index (Phi) is 3.55. The van der Waals surface area contributed by atoms with Gasteiger partial charge in [-0.2, -0.15) is 0 Å². The number of aliphatic hydroxyl groups is 1. The van der Waals surface area contributed by atoms with Gasteiger partial charge in [-0.15, -0.1) is 0 Å². The van der Waals surface area contributed by atoms with Crippen molar-refractivity contribution in [2.75, 3.05) is 6.61 Å². The van der Waals surface area contributed by atoms with Gasteiger partial charge in [-0.25, -0.2) is 9.78 Å². The van der Waals surface area contributed by atoms with Crippen LogP contribution < -0.4 is 5.73 Å². The van der Waals surface area contributed by atoms with Crippen LogP contribution in [-0.2, 0) is 0 Å². The van der Waals surface area contributed by atoms with E-state index in [2.05, 4.69) is 4.98 Å². The van der Waals surface area contributed by atoms with E-state index in [1.54, 1.807) is 6.07 Å². The first-order valence-corrected chi connectivity index (χ1v) is 4.21. The summed E-state index contributed by atoms with van der Waals surface area (Å²) in [5.41, 5.74) is 6.33. The molecule has 0 bridgehead atoms. The van der Waals surface area contributed by atoms with E-state index >= 15 is 0 Å². The van der Waals surface area contributed by atoms with E-state index in [0.29, 0.717) is 12.0 Å². The topological polar surface area (TPSA) is 96.4 Å². The van der Waals surface area contributed by atoms with E-state index < -0.39 is 5.97 Å². The third kappa shape index (κ3) is 2.51. The Labute approximate surface area is 81.2 Å². The second-order valence-electron chi connectivity index (χ2n) is 2.90. The highest BCUT2D eigenvalue weighted by Crippen LogP contribution is 2.13. The molecule has 5 nitrogen and oxygen atoms in total. The first kappa shape index (κ1) is 10.6. The van der Waals surface area contributed by atoms with Crippen molar-refractivity contribution < 1.29 is 15.0 Å². The van der Waals surface area contributed by atoms with Crippen molar-refractivity contribution in [3.05, 3.63) is 29.6 Å². The fourth-order valence-corrected chi connectivity index (χ4v) is 1.10. The Morgan fingerprint density at radius 3 is 2.93 bits per heavy atom. The second kappa shape index (κ2) is 4.69. The number of rotatable bonds is 4. The van der Waals surface area contributed by atoms with Crippen molar-refractivity contribution in [3.8, 4) is 0 Å². The van der Waals surface area contributed by atoms with Crippen molar-refractivity contribution in [2.24, 2.45) is 5.73 Å². The van der Waals surface area contributed by atoms with Crippen molar-refractivity contribution in [1.29, 1.82) is 0 Å². The van der Waals surface area contributed by atoms with Gasteiger partial charge in [0, 0.05) is 18.8 Å². The molecule has 0 aliphatic heterocycles. The Hall–Kier alpha value is -1.46. The summed E-state index contributed by atoms with van der Waals surface area (Å²) in [5.74, 6) is -1.08. The van der Waals surface area contributed by atoms with Gasteiger partial charge >= 0.3 is 5.97 Å². The summed E-state index contributed by atoms with van der Waals surface area (Å²) in [5, 5.41) is 17.3. The molecule has 76 valence electrons. The molecule has 0 spiro atoms. The molecule has 0 saturated carbocycles. The van der Waals surface area contributed by atoms with Crippen molar-refractivity contribution in [3.63, 3.8) is 0 Å². The van der Waals surface area contributed by atoms with Gasteiger partial charge < -0.3 is 15.9 Å². The van der Waals surface area contributed by atoms with Crippen LogP contribution in [0.4, 0.5) is 0 Å². The second-order valence-corrected chi connectivity index (χ2v) is 2.90. The molecule has 4 N–H and O–H groups in total. The Bertz CT molecular complexity index is 328. The highest BCUT2D eigenvalue weighted by atomic mass is 16.4. The largest absolute Gasteiger partial charge is 0.477 e. The van der Waals surface area contributed by atoms with E-state index in [1.807, 2.05) is 0 Å². The van der Waals surface area contributed by atoms with Crippen LogP contribution in [-0.4, -0.2) is 27.8 Å². The quantitative estimate of drug-likeness (QED) is 0.637. The van der Waals surface area contributed by atoms with Gasteiger partial charge in [0.2, 0.25) is 0 Å². The molecular weight excluding hydrogens is 184 g/mol. The lowest BCUT2D eigenvalue weighted by Crippen LogP contribution is -2.13. The molecule has 0 aliphatic rings. The number of aliphatic hydroxyl groups excluding tert-OH is 1. The fourth-order valence-electron chi connectivity index (χ4n) is 1.10. The molecule has 0 radical (unpaired) electrons. The lowest BCUT2D eigenvalue weighted by Gasteiger charge is -2.09. The van der Waals surface area contributed by atoms with Crippen LogP contribution in [0.25, 0.3) is 0 Å². The zero-order valence-corrected chi connectivity index (χ0v) is 7.55. The minimum absolute atomic E-state index is 0.0219. The number of hydrogen-bond donors (Lipinski definition) is 3. The molecule has 1 rings (SSSR count). The monoisotopic (exact) mass is 196 g/mol. The summed E-state index contributed by atoms with van der Waals surface area (Å²) >= 11 is 0. The van der Waals surface area contributed by atoms with Crippen LogP contribution in [0.5, 0.6) is 0 Å². The summed E-state index contributed by atoms with van der Waals surface area (Å²) in [6, 6.07) is 2.72. The molecule has 0 fully saturated rings. The molecule has 0 aromatic carbocycles. The summed E-state index contributed by atoms with van der Waals surface area (Å²) in [6.07, 6.45) is 1.80. The van der Waals surface area contributed by atoms with Crippen LogP contribution in [0.1, 0.15) is 28.5 Å². The molecule has 0 aliphatic carbocycles. The van der Waals surface area contributed by atoms with Gasteiger partial charge in [0.15, 0.2) is 0 Å². The summed E-state index contributed by atoms with van der Waals surface area (Å²) < 4.78 is 0. The normalized spacial score (nSPS) is 12.4. The highest BCUT2D eigenvalue weighted by Gasteiger charge is 2.09. The number of pyridine rings is 1. The molecular formula is C9H12N2O3. The molecule has 0 amide bonds. The van der Waals surface area contributed by atoms with Crippen molar-refractivity contribution in [1.82, 2.24) is 4.98 Å². The number of carbonyl (C=O) groups is 1. The van der Waals surface area contributed by atoms with Gasteiger partial charge in [0.1, 0.15) is 5.69 Å². The number of hydrogen-bond acceptors (Lipinski definition) is 4. The molecule has 0 saturated heterocycles. The third-order valence-electron chi connectivity index (χ3n) is 1.87. The smallest absolute Gasteiger partial charge is 0.354 e. The van der Waals surface area contributed by atoms with Gasteiger partial charge in [0.05, 0.1) is 0 Å². The van der Waals surface area contributed by atoms with E-state index in [-0.39, 0.29) is 18.3 Å². The average Bonchev–Trinajstić information content (AvgIpc) is 2.18. The number of carboxylic acids is 1. The van der Waals surface area contributed by atoms with E-state index in [4.69, 9.17) is 15.9 Å². The van der Waals surface area contributed by atoms with Crippen LogP contribution in [0, 0.1) is 0 Å². The minimum Gasteiger partial charge on any atom is -0.477 e. The van der Waals surface area contributed by atoms with Gasteiger partial charge in [-0.1, -0.05) is 0 Å². The molecule has 1 aromatic heterocycles. The SMILES string of the molecule is NC(CCO)c1ccnc(C(=O)O)c1. The predicted molar refractivity (Wildman–Crippen MR) is 49.8 cm³/mol. The van der Waals surface area contributed by atoms with Gasteiger partial charge in [0.25, 0.3) is 0 Å². The Morgan fingerprint density at radius 1 is 1.64 bits per heavy atom. The molecule has 1 atom stereocenters. The maximum absolute atomic E-state index is 10.6. The number of aromatic nitrogens is 1. The first-order chi connectivity index (χ1) is 6.65. The predicted octanol–water partition coefficient (Wildman–Crippen LogP) is 0.162. The maximum atomic E-state index is 10.6. The number of nitrogens with zero attached hydrogens (tertiary/aromatic N) is 1. The number of nitrogens with two attached hydrogens (primary N) is 1. The molecule has 14 heavy (non-hydrogen) atoms. The fraction of sp³-hybridized carbons (Fsp3) is 0.333. The van der Waals surface area contributed by atoms with E-state index in [0.717, 1.165) is 0 Å². The van der Waals surface area contributed by atoms with E-state index in [9.17, 15) is 4.79 Å². The number of aromatic carboxylic acids is 1. The van der Waals surface area contributed by atoms with Crippen molar-refractivity contribution >= 4 is 5.97 Å². The Balaban J connectivity index is 2.87. The maximum Gasteiger partial charge on any atom is 0.354 e. The van der Waals surface area contributed by atoms with E-state index in [1.165, 1.54) is 12.3 Å². The van der Waals surface area contributed by atoms with Gasteiger partial charge in [-0.05, 0) is 24.1 Å². The molecule has 1 aromatic rings.